The van der Waals surface area contributed by atoms with Crippen LogP contribution in [0.4, 0.5) is 5.82 Å². The second-order valence-electron chi connectivity index (χ2n) is 8.96. The fourth-order valence-electron chi connectivity index (χ4n) is 4.70. The lowest BCUT2D eigenvalue weighted by Gasteiger charge is -2.46. The minimum absolute atomic E-state index is 0.150. The normalized spacial score (nSPS) is 20.8. The highest BCUT2D eigenvalue weighted by atomic mass is 16.3. The molecule has 0 spiro atoms. The van der Waals surface area contributed by atoms with Crippen molar-refractivity contribution in [2.75, 3.05) is 24.5 Å². The second-order valence-corrected chi connectivity index (χ2v) is 8.96. The Morgan fingerprint density at radius 2 is 2.13 bits per heavy atom. The van der Waals surface area contributed by atoms with E-state index in [1.165, 1.54) is 0 Å². The van der Waals surface area contributed by atoms with Crippen LogP contribution in [0, 0.1) is 5.92 Å². The number of nitrogens with zero attached hydrogens (tertiary/aromatic N) is 6. The molecule has 0 saturated carbocycles. The first-order chi connectivity index (χ1) is 14.9. The third-order valence-electron chi connectivity index (χ3n) is 6.30. The zero-order chi connectivity index (χ0) is 21.8. The van der Waals surface area contributed by atoms with Crippen LogP contribution in [0.1, 0.15) is 20.8 Å². The number of aliphatic hydroxyl groups excluding tert-OH is 1. The summed E-state index contributed by atoms with van der Waals surface area (Å²) in [4.78, 5) is 11.7. The number of H-pyrrole nitrogens is 1. The average molecular weight is 421 g/mol. The Morgan fingerprint density at radius 3 is 2.94 bits per heavy atom. The molecule has 0 aliphatic carbocycles. The molecule has 3 N–H and O–H groups in total. The van der Waals surface area contributed by atoms with Gasteiger partial charge in [-0.05, 0) is 31.0 Å². The van der Waals surface area contributed by atoms with Gasteiger partial charge in [0.2, 0.25) is 0 Å². The van der Waals surface area contributed by atoms with Crippen LogP contribution < -0.4 is 10.2 Å². The summed E-state index contributed by atoms with van der Waals surface area (Å²) in [5.41, 5.74) is 2.86. The molecule has 0 radical (unpaired) electrons. The van der Waals surface area contributed by atoms with E-state index in [2.05, 4.69) is 37.4 Å². The Kier molecular flexibility index (Phi) is 4.67. The molecule has 4 aromatic rings. The lowest BCUT2D eigenvalue weighted by molar-refractivity contribution is 0.0303. The fourth-order valence-corrected chi connectivity index (χ4v) is 4.70. The Morgan fingerprint density at radius 1 is 1.29 bits per heavy atom. The summed E-state index contributed by atoms with van der Waals surface area (Å²) >= 11 is 0. The summed E-state index contributed by atoms with van der Waals surface area (Å²) in [6, 6.07) is 5.94. The number of hydrogen-bond acceptors (Lipinski definition) is 7. The summed E-state index contributed by atoms with van der Waals surface area (Å²) in [6.45, 7) is 8.39. The maximum atomic E-state index is 10.9. The molecule has 1 saturated heterocycles. The van der Waals surface area contributed by atoms with Gasteiger partial charge in [0.1, 0.15) is 5.52 Å². The number of hydrogen-bond donors (Lipinski definition) is 3. The van der Waals surface area contributed by atoms with Crippen molar-refractivity contribution in [1.82, 2.24) is 35.3 Å². The summed E-state index contributed by atoms with van der Waals surface area (Å²) in [7, 11) is 1.94. The standard InChI is InChI=1S/C22H28N8O/c1-13(2)19(31)22(3)12-30(9-8-24-22)21-18-14(11-25-29(18)4)10-16(26-21)17-15-6-5-7-23-20(15)28-27-17/h5-7,10-11,13,19,24,31H,8-9,12H2,1-4H3,(H,23,27,28)/t19-,22-/m1/s1. The number of aliphatic hydroxyl groups is 1. The number of fused-ring (bicyclic) bond motifs is 2. The molecule has 5 heterocycles. The van der Waals surface area contributed by atoms with Gasteiger partial charge in [0.05, 0.1) is 29.2 Å². The number of pyridine rings is 2. The summed E-state index contributed by atoms with van der Waals surface area (Å²) in [6.07, 6.45) is 3.13. The highest BCUT2D eigenvalue weighted by molar-refractivity contribution is 5.96. The first-order valence-electron chi connectivity index (χ1n) is 10.7. The van der Waals surface area contributed by atoms with Gasteiger partial charge in [-0.1, -0.05) is 13.8 Å². The predicted molar refractivity (Wildman–Crippen MR) is 121 cm³/mol. The van der Waals surface area contributed by atoms with Crippen LogP contribution >= 0.6 is 0 Å². The zero-order valence-electron chi connectivity index (χ0n) is 18.3. The van der Waals surface area contributed by atoms with Gasteiger partial charge in [-0.3, -0.25) is 9.78 Å². The molecule has 5 rings (SSSR count). The van der Waals surface area contributed by atoms with E-state index in [0.29, 0.717) is 12.2 Å². The number of rotatable bonds is 4. The number of aromatic amines is 1. The lowest BCUT2D eigenvalue weighted by atomic mass is 9.85. The largest absolute Gasteiger partial charge is 0.391 e. The molecule has 162 valence electrons. The van der Waals surface area contributed by atoms with Gasteiger partial charge in [0.25, 0.3) is 0 Å². The molecule has 9 heteroatoms. The molecule has 1 fully saturated rings. The van der Waals surface area contributed by atoms with E-state index in [9.17, 15) is 5.11 Å². The minimum Gasteiger partial charge on any atom is -0.391 e. The van der Waals surface area contributed by atoms with Gasteiger partial charge in [-0.2, -0.15) is 10.2 Å². The third kappa shape index (κ3) is 3.24. The van der Waals surface area contributed by atoms with Crippen molar-refractivity contribution in [2.24, 2.45) is 13.0 Å². The smallest absolute Gasteiger partial charge is 0.181 e. The van der Waals surface area contributed by atoms with Crippen molar-refractivity contribution >= 4 is 27.8 Å². The molecule has 0 amide bonds. The van der Waals surface area contributed by atoms with Crippen molar-refractivity contribution in [3.8, 4) is 11.4 Å². The molecule has 0 aromatic carbocycles. The van der Waals surface area contributed by atoms with E-state index in [-0.39, 0.29) is 5.92 Å². The fraction of sp³-hybridized carbons (Fsp3) is 0.455. The maximum Gasteiger partial charge on any atom is 0.181 e. The molecule has 9 nitrogen and oxygen atoms in total. The number of aryl methyl sites for hydroxylation is 1. The van der Waals surface area contributed by atoms with Gasteiger partial charge in [-0.25, -0.2) is 9.97 Å². The number of piperazine rings is 1. The van der Waals surface area contributed by atoms with E-state index in [1.807, 2.05) is 50.0 Å². The van der Waals surface area contributed by atoms with Gasteiger partial charge in [-0.15, -0.1) is 0 Å². The zero-order valence-corrected chi connectivity index (χ0v) is 18.3. The van der Waals surface area contributed by atoms with Crippen LogP contribution in [0.25, 0.3) is 33.3 Å². The van der Waals surface area contributed by atoms with Crippen LogP contribution in [-0.2, 0) is 7.05 Å². The molecule has 31 heavy (non-hydrogen) atoms. The third-order valence-corrected chi connectivity index (χ3v) is 6.30. The molecule has 4 aromatic heterocycles. The van der Waals surface area contributed by atoms with Crippen LogP contribution in [0.15, 0.2) is 30.6 Å². The van der Waals surface area contributed by atoms with Crippen molar-refractivity contribution in [3.63, 3.8) is 0 Å². The van der Waals surface area contributed by atoms with Crippen LogP contribution in [-0.4, -0.2) is 66.3 Å². The molecule has 1 aliphatic rings. The Hall–Kier alpha value is -3.04. The van der Waals surface area contributed by atoms with Gasteiger partial charge >= 0.3 is 0 Å². The van der Waals surface area contributed by atoms with Crippen molar-refractivity contribution in [2.45, 2.75) is 32.4 Å². The van der Waals surface area contributed by atoms with E-state index in [4.69, 9.17) is 4.98 Å². The monoisotopic (exact) mass is 420 g/mol. The summed E-state index contributed by atoms with van der Waals surface area (Å²) in [5, 5.41) is 28.3. The van der Waals surface area contributed by atoms with Crippen LogP contribution in [0.2, 0.25) is 0 Å². The maximum absolute atomic E-state index is 10.9. The highest BCUT2D eigenvalue weighted by Crippen LogP contribution is 2.33. The SMILES string of the molecule is CC(C)[C@@H](O)[C@@]1(C)CN(c2nc(-c3[nH]nc4ncccc34)cc3cnn(C)c23)CCN1. The summed E-state index contributed by atoms with van der Waals surface area (Å²) < 4.78 is 1.87. The topological polar surface area (TPSA) is 108 Å². The van der Waals surface area contributed by atoms with Crippen LogP contribution in [0.3, 0.4) is 0 Å². The highest BCUT2D eigenvalue weighted by Gasteiger charge is 2.39. The molecular formula is C22H28N8O. The van der Waals surface area contributed by atoms with E-state index in [0.717, 1.165) is 46.6 Å². The van der Waals surface area contributed by atoms with Crippen molar-refractivity contribution < 1.29 is 5.11 Å². The Labute approximate surface area is 180 Å². The summed E-state index contributed by atoms with van der Waals surface area (Å²) in [5.74, 6) is 1.01. The van der Waals surface area contributed by atoms with Crippen molar-refractivity contribution in [1.29, 1.82) is 0 Å². The number of anilines is 1. The first kappa shape index (κ1) is 19.9. The van der Waals surface area contributed by atoms with E-state index >= 15 is 0 Å². The van der Waals surface area contributed by atoms with Gasteiger partial charge in [0.15, 0.2) is 11.5 Å². The van der Waals surface area contributed by atoms with E-state index in [1.54, 1.807) is 6.20 Å². The quantitative estimate of drug-likeness (QED) is 0.464. The molecule has 0 bridgehead atoms. The van der Waals surface area contributed by atoms with Crippen molar-refractivity contribution in [3.05, 3.63) is 30.6 Å². The lowest BCUT2D eigenvalue weighted by Crippen LogP contribution is -2.65. The molecular weight excluding hydrogens is 392 g/mol. The van der Waals surface area contributed by atoms with Gasteiger partial charge < -0.3 is 15.3 Å². The Bertz CT molecular complexity index is 1250. The molecule has 2 atom stereocenters. The number of nitrogens with one attached hydrogen (secondary N) is 2. The first-order valence-corrected chi connectivity index (χ1v) is 10.7. The molecule has 1 aliphatic heterocycles. The number of aromatic nitrogens is 6. The second kappa shape index (κ2) is 7.28. The Balaban J connectivity index is 1.64. The average Bonchev–Trinajstić information content (AvgIpc) is 3.36. The van der Waals surface area contributed by atoms with E-state index < -0.39 is 11.6 Å². The van der Waals surface area contributed by atoms with Crippen LogP contribution in [0.5, 0.6) is 0 Å². The molecule has 0 unspecified atom stereocenters. The van der Waals surface area contributed by atoms with Gasteiger partial charge in [0, 0.05) is 43.7 Å². The predicted octanol–water partition coefficient (Wildman–Crippen LogP) is 2.09. The minimum atomic E-state index is -0.469.